The monoisotopic (exact) mass is 267 g/mol. The molecule has 0 saturated carbocycles. The number of rotatable bonds is 3. The van der Waals surface area contributed by atoms with Crippen molar-refractivity contribution in [3.05, 3.63) is 21.4 Å². The summed E-state index contributed by atoms with van der Waals surface area (Å²) in [6.45, 7) is 1.53. The number of hydrogen-bond acceptors (Lipinski definition) is 3. The summed E-state index contributed by atoms with van der Waals surface area (Å²) < 4.78 is 0. The second-order valence-electron chi connectivity index (χ2n) is 4.69. The Morgan fingerprint density at radius 3 is 2.72 bits per heavy atom. The van der Waals surface area contributed by atoms with Gasteiger partial charge in [-0.25, -0.2) is 4.79 Å². The molecule has 1 heterocycles. The van der Waals surface area contributed by atoms with Gasteiger partial charge in [-0.05, 0) is 38.2 Å². The van der Waals surface area contributed by atoms with Gasteiger partial charge in [-0.2, -0.15) is 0 Å². The van der Waals surface area contributed by atoms with Gasteiger partial charge in [-0.15, -0.1) is 11.3 Å². The van der Waals surface area contributed by atoms with Crippen molar-refractivity contribution in [2.45, 2.75) is 38.6 Å². The molecule has 0 bridgehead atoms. The maximum absolute atomic E-state index is 12.3. The molecule has 1 aromatic rings. The molecule has 1 aromatic heterocycles. The topological polar surface area (TPSA) is 57.6 Å². The molecule has 2 rings (SSSR count). The third-order valence-corrected chi connectivity index (χ3v) is 4.64. The first-order valence-corrected chi connectivity index (χ1v) is 6.99. The zero-order valence-electron chi connectivity index (χ0n) is 10.6. The summed E-state index contributed by atoms with van der Waals surface area (Å²) in [5, 5.41) is 10.8. The molecule has 4 nitrogen and oxygen atoms in total. The van der Waals surface area contributed by atoms with Crippen molar-refractivity contribution in [1.82, 2.24) is 4.90 Å². The van der Waals surface area contributed by atoms with Crippen LogP contribution >= 0.6 is 11.3 Å². The lowest BCUT2D eigenvalue weighted by molar-refractivity contribution is -0.141. The highest BCUT2D eigenvalue weighted by Crippen LogP contribution is 2.31. The molecule has 0 saturated heterocycles. The first-order chi connectivity index (χ1) is 8.52. The van der Waals surface area contributed by atoms with Crippen molar-refractivity contribution in [1.29, 1.82) is 0 Å². The Hall–Kier alpha value is -1.36. The molecule has 18 heavy (non-hydrogen) atoms. The van der Waals surface area contributed by atoms with Crippen molar-refractivity contribution in [2.75, 3.05) is 7.05 Å². The molecule has 0 radical (unpaired) electrons. The highest BCUT2D eigenvalue weighted by atomic mass is 32.1. The van der Waals surface area contributed by atoms with Gasteiger partial charge in [0.05, 0.1) is 5.56 Å². The Kier molecular flexibility index (Phi) is 3.71. The average molecular weight is 267 g/mol. The lowest BCUT2D eigenvalue weighted by Crippen LogP contribution is -2.40. The molecule has 0 spiro atoms. The number of hydrogen-bond donors (Lipinski definition) is 1. The number of carbonyl (C=O) groups is 2. The van der Waals surface area contributed by atoms with Gasteiger partial charge in [0, 0.05) is 17.3 Å². The first-order valence-electron chi connectivity index (χ1n) is 6.11. The van der Waals surface area contributed by atoms with Crippen LogP contribution in [0.25, 0.3) is 0 Å². The van der Waals surface area contributed by atoms with E-state index in [0.717, 1.165) is 24.8 Å². The van der Waals surface area contributed by atoms with Crippen LogP contribution in [0.2, 0.25) is 0 Å². The Morgan fingerprint density at radius 2 is 2.06 bits per heavy atom. The third-order valence-electron chi connectivity index (χ3n) is 3.55. The molecule has 1 N–H and O–H groups in total. The first kappa shape index (κ1) is 13.1. The zero-order chi connectivity index (χ0) is 13.3. The van der Waals surface area contributed by atoms with Gasteiger partial charge in [0.1, 0.15) is 6.04 Å². The lowest BCUT2D eigenvalue weighted by atomic mass is 9.95. The number of carboxylic acid groups (broad SMARTS) is 1. The van der Waals surface area contributed by atoms with E-state index in [9.17, 15) is 9.59 Å². The van der Waals surface area contributed by atoms with E-state index in [1.165, 1.54) is 23.1 Å². The Bertz CT molecular complexity index is 481. The Balaban J connectivity index is 2.24. The second kappa shape index (κ2) is 5.10. The van der Waals surface area contributed by atoms with Crippen molar-refractivity contribution >= 4 is 23.2 Å². The summed E-state index contributed by atoms with van der Waals surface area (Å²) in [7, 11) is 1.55. The SMILES string of the molecule is CC(C(=O)O)N(C)C(=O)c1csc2c1CCCC2. The summed E-state index contributed by atoms with van der Waals surface area (Å²) in [6, 6.07) is -0.795. The summed E-state index contributed by atoms with van der Waals surface area (Å²) in [5.74, 6) is -1.15. The number of likely N-dealkylation sites (N-methyl/N-ethyl adjacent to an activating group) is 1. The van der Waals surface area contributed by atoms with E-state index >= 15 is 0 Å². The van der Waals surface area contributed by atoms with Crippen LogP contribution in [0.5, 0.6) is 0 Å². The normalized spacial score (nSPS) is 15.9. The van der Waals surface area contributed by atoms with Crippen LogP contribution in [0.4, 0.5) is 0 Å². The standard InChI is InChI=1S/C13H17NO3S/c1-8(13(16)17)14(2)12(15)10-7-18-11-6-4-3-5-9(10)11/h7-8H,3-6H2,1-2H3,(H,16,17). The number of aryl methyl sites for hydroxylation is 1. The minimum atomic E-state index is -0.977. The number of nitrogens with zero attached hydrogens (tertiary/aromatic N) is 1. The van der Waals surface area contributed by atoms with Crippen LogP contribution in [0.3, 0.4) is 0 Å². The van der Waals surface area contributed by atoms with Crippen LogP contribution in [-0.4, -0.2) is 35.0 Å². The smallest absolute Gasteiger partial charge is 0.326 e. The number of carbonyl (C=O) groups excluding carboxylic acids is 1. The van der Waals surface area contributed by atoms with E-state index in [0.29, 0.717) is 5.56 Å². The van der Waals surface area contributed by atoms with Crippen molar-refractivity contribution in [3.63, 3.8) is 0 Å². The van der Waals surface area contributed by atoms with Gasteiger partial charge in [-0.1, -0.05) is 0 Å². The van der Waals surface area contributed by atoms with E-state index in [1.807, 2.05) is 5.38 Å². The van der Waals surface area contributed by atoms with E-state index in [2.05, 4.69) is 0 Å². The van der Waals surface area contributed by atoms with E-state index in [-0.39, 0.29) is 5.91 Å². The summed E-state index contributed by atoms with van der Waals surface area (Å²) in [4.78, 5) is 25.8. The van der Waals surface area contributed by atoms with Crippen LogP contribution in [-0.2, 0) is 17.6 Å². The van der Waals surface area contributed by atoms with Crippen LogP contribution in [0.15, 0.2) is 5.38 Å². The quantitative estimate of drug-likeness (QED) is 0.913. The predicted octanol–water partition coefficient (Wildman–Crippen LogP) is 2.17. The fourth-order valence-corrected chi connectivity index (χ4v) is 3.32. The highest BCUT2D eigenvalue weighted by Gasteiger charge is 2.27. The van der Waals surface area contributed by atoms with Gasteiger partial charge in [0.2, 0.25) is 0 Å². The largest absolute Gasteiger partial charge is 0.480 e. The Morgan fingerprint density at radius 1 is 1.39 bits per heavy atom. The number of carboxylic acids is 1. The average Bonchev–Trinajstić information content (AvgIpc) is 2.79. The number of amides is 1. The zero-order valence-corrected chi connectivity index (χ0v) is 11.4. The van der Waals surface area contributed by atoms with E-state index in [1.54, 1.807) is 18.4 Å². The van der Waals surface area contributed by atoms with Crippen molar-refractivity contribution in [2.24, 2.45) is 0 Å². The van der Waals surface area contributed by atoms with Gasteiger partial charge in [-0.3, -0.25) is 4.79 Å². The number of thiophene rings is 1. The van der Waals surface area contributed by atoms with Gasteiger partial charge in [0.15, 0.2) is 0 Å². The van der Waals surface area contributed by atoms with Crippen molar-refractivity contribution in [3.8, 4) is 0 Å². The third kappa shape index (κ3) is 2.27. The molecule has 0 aliphatic heterocycles. The summed E-state index contributed by atoms with van der Waals surface area (Å²) >= 11 is 1.62. The molecule has 0 aromatic carbocycles. The van der Waals surface area contributed by atoms with Crippen LogP contribution in [0.1, 0.15) is 40.6 Å². The van der Waals surface area contributed by atoms with Crippen LogP contribution < -0.4 is 0 Å². The highest BCUT2D eigenvalue weighted by molar-refractivity contribution is 7.10. The van der Waals surface area contributed by atoms with Gasteiger partial charge in [0.25, 0.3) is 5.91 Å². The second-order valence-corrected chi connectivity index (χ2v) is 5.65. The molecule has 1 aliphatic carbocycles. The molecule has 0 fully saturated rings. The fraction of sp³-hybridized carbons (Fsp3) is 0.538. The number of fused-ring (bicyclic) bond motifs is 1. The maximum Gasteiger partial charge on any atom is 0.326 e. The maximum atomic E-state index is 12.3. The molecule has 1 aliphatic rings. The Labute approximate surface area is 110 Å². The summed E-state index contributed by atoms with van der Waals surface area (Å²) in [5.41, 5.74) is 1.84. The number of aliphatic carboxylic acids is 1. The van der Waals surface area contributed by atoms with Crippen molar-refractivity contribution < 1.29 is 14.7 Å². The van der Waals surface area contributed by atoms with Gasteiger partial charge >= 0.3 is 5.97 Å². The minimum absolute atomic E-state index is 0.177. The molecular weight excluding hydrogens is 250 g/mol. The van der Waals surface area contributed by atoms with E-state index in [4.69, 9.17) is 5.11 Å². The van der Waals surface area contributed by atoms with Crippen LogP contribution in [0, 0.1) is 0 Å². The molecule has 1 atom stereocenters. The predicted molar refractivity (Wildman–Crippen MR) is 70.2 cm³/mol. The molecule has 1 amide bonds. The van der Waals surface area contributed by atoms with Gasteiger partial charge < -0.3 is 10.0 Å². The molecule has 5 heteroatoms. The van der Waals surface area contributed by atoms with E-state index < -0.39 is 12.0 Å². The summed E-state index contributed by atoms with van der Waals surface area (Å²) in [6.07, 6.45) is 4.28. The fourth-order valence-electron chi connectivity index (χ4n) is 2.20. The minimum Gasteiger partial charge on any atom is -0.480 e. The molecular formula is C13H17NO3S. The molecule has 98 valence electrons. The molecule has 1 unspecified atom stereocenters. The lowest BCUT2D eigenvalue weighted by Gasteiger charge is -2.22.